The molecule has 14 heavy (non-hydrogen) atoms. The fourth-order valence-electron chi connectivity index (χ4n) is 1.69. The maximum atomic E-state index is 13.0. The van der Waals surface area contributed by atoms with Crippen LogP contribution in [-0.2, 0) is 12.8 Å². The average Bonchev–Trinajstić information content (AvgIpc) is 2.36. The normalized spacial score (nSPS) is 17.6. The third-order valence-electron chi connectivity index (χ3n) is 2.31. The number of benzene rings is 1. The minimum absolute atomic E-state index is 0.216. The summed E-state index contributed by atoms with van der Waals surface area (Å²) in [6.07, 6.45) is -0.461. The highest BCUT2D eigenvalue weighted by Crippen LogP contribution is 2.36. The molecule has 0 heterocycles. The van der Waals surface area contributed by atoms with Crippen molar-refractivity contribution in [1.29, 1.82) is 5.26 Å². The van der Waals surface area contributed by atoms with Crippen molar-refractivity contribution in [2.45, 2.75) is 18.8 Å². The van der Waals surface area contributed by atoms with E-state index in [9.17, 15) is 8.78 Å². The summed E-state index contributed by atoms with van der Waals surface area (Å²) in [6.45, 7) is 0. The Bertz CT molecular complexity index is 434. The van der Waals surface area contributed by atoms with Crippen molar-refractivity contribution >= 4 is 15.9 Å². The van der Waals surface area contributed by atoms with Crippen molar-refractivity contribution in [2.24, 2.45) is 0 Å². The zero-order valence-electron chi connectivity index (χ0n) is 7.15. The fourth-order valence-corrected chi connectivity index (χ4v) is 2.17. The summed E-state index contributed by atoms with van der Waals surface area (Å²) in [4.78, 5) is 0. The number of fused-ring (bicyclic) bond motifs is 1. The molecule has 0 spiro atoms. The molecule has 0 amide bonds. The van der Waals surface area contributed by atoms with Gasteiger partial charge in [0, 0.05) is 17.3 Å². The van der Waals surface area contributed by atoms with Crippen LogP contribution in [0.3, 0.4) is 0 Å². The van der Waals surface area contributed by atoms with E-state index in [0.29, 0.717) is 21.2 Å². The monoisotopic (exact) mass is 257 g/mol. The minimum atomic E-state index is -2.64. The molecular formula is C10H6BrF2N. The standard InChI is InChI=1S/C10H6BrF2N/c11-9-2-7-4-10(12,13)3-6(7)1-8(9)5-14/h1-2H,3-4H2. The van der Waals surface area contributed by atoms with Gasteiger partial charge in [0.25, 0.3) is 5.92 Å². The van der Waals surface area contributed by atoms with Gasteiger partial charge in [-0.05, 0) is 39.2 Å². The number of rotatable bonds is 0. The highest BCUT2D eigenvalue weighted by atomic mass is 79.9. The Balaban J connectivity index is 2.51. The van der Waals surface area contributed by atoms with Gasteiger partial charge in [0.1, 0.15) is 6.07 Å². The molecule has 1 aliphatic carbocycles. The van der Waals surface area contributed by atoms with Gasteiger partial charge in [-0.15, -0.1) is 0 Å². The van der Waals surface area contributed by atoms with Crippen LogP contribution in [0.5, 0.6) is 0 Å². The highest BCUT2D eigenvalue weighted by molar-refractivity contribution is 9.10. The lowest BCUT2D eigenvalue weighted by Crippen LogP contribution is -2.14. The van der Waals surface area contributed by atoms with Crippen LogP contribution in [0.1, 0.15) is 16.7 Å². The summed E-state index contributed by atoms with van der Waals surface area (Å²) in [5.41, 5.74) is 1.65. The molecule has 0 bridgehead atoms. The summed E-state index contributed by atoms with van der Waals surface area (Å²) >= 11 is 3.18. The topological polar surface area (TPSA) is 23.8 Å². The second-order valence-corrected chi connectivity index (χ2v) is 4.28. The van der Waals surface area contributed by atoms with Crippen LogP contribution in [0.25, 0.3) is 0 Å². The second-order valence-electron chi connectivity index (χ2n) is 3.42. The first kappa shape index (κ1) is 9.60. The molecule has 1 aromatic rings. The summed E-state index contributed by atoms with van der Waals surface area (Å²) in [5.74, 6) is -2.64. The van der Waals surface area contributed by atoms with E-state index in [1.54, 1.807) is 12.1 Å². The molecule has 0 saturated heterocycles. The zero-order chi connectivity index (χ0) is 10.3. The maximum Gasteiger partial charge on any atom is 0.256 e. The molecule has 0 aliphatic heterocycles. The van der Waals surface area contributed by atoms with E-state index in [4.69, 9.17) is 5.26 Å². The Labute approximate surface area is 88.5 Å². The molecule has 0 N–H and O–H groups in total. The second kappa shape index (κ2) is 3.03. The molecule has 4 heteroatoms. The Kier molecular flexibility index (Phi) is 2.07. The summed E-state index contributed by atoms with van der Waals surface area (Å²) in [5, 5.41) is 8.71. The van der Waals surface area contributed by atoms with Gasteiger partial charge in [-0.25, -0.2) is 8.78 Å². The number of halogens is 3. The molecule has 0 atom stereocenters. The average molecular weight is 258 g/mol. The molecule has 0 unspecified atom stereocenters. The van der Waals surface area contributed by atoms with Gasteiger partial charge in [0.2, 0.25) is 0 Å². The van der Waals surface area contributed by atoms with E-state index < -0.39 is 5.92 Å². The SMILES string of the molecule is N#Cc1cc2c(cc1Br)CC(F)(F)C2. The first-order valence-electron chi connectivity index (χ1n) is 4.11. The number of alkyl halides is 2. The predicted octanol–water partition coefficient (Wildman–Crippen LogP) is 3.05. The largest absolute Gasteiger partial charge is 0.256 e. The lowest BCUT2D eigenvalue weighted by molar-refractivity contribution is 0.0130. The van der Waals surface area contributed by atoms with Crippen LogP contribution in [-0.4, -0.2) is 5.92 Å². The lowest BCUT2D eigenvalue weighted by atomic mass is 10.1. The van der Waals surface area contributed by atoms with Gasteiger partial charge in [0.15, 0.2) is 0 Å². The lowest BCUT2D eigenvalue weighted by Gasteiger charge is -2.04. The van der Waals surface area contributed by atoms with E-state index >= 15 is 0 Å². The van der Waals surface area contributed by atoms with Gasteiger partial charge in [-0.2, -0.15) is 5.26 Å². The molecule has 2 rings (SSSR count). The Morgan fingerprint density at radius 3 is 2.43 bits per heavy atom. The third kappa shape index (κ3) is 1.53. The molecule has 0 saturated carbocycles. The molecule has 72 valence electrons. The molecule has 0 fully saturated rings. The van der Waals surface area contributed by atoms with Crippen LogP contribution >= 0.6 is 15.9 Å². The Hall–Kier alpha value is -0.950. The number of nitrogens with zero attached hydrogens (tertiary/aromatic N) is 1. The van der Waals surface area contributed by atoms with E-state index in [2.05, 4.69) is 15.9 Å². The van der Waals surface area contributed by atoms with Crippen LogP contribution in [0, 0.1) is 11.3 Å². The highest BCUT2D eigenvalue weighted by Gasteiger charge is 2.37. The van der Waals surface area contributed by atoms with E-state index in [1.165, 1.54) is 0 Å². The van der Waals surface area contributed by atoms with Crippen molar-refractivity contribution in [3.8, 4) is 6.07 Å². The van der Waals surface area contributed by atoms with Crippen LogP contribution < -0.4 is 0 Å². The third-order valence-corrected chi connectivity index (χ3v) is 2.96. The number of hydrogen-bond acceptors (Lipinski definition) is 1. The molecule has 0 aromatic heterocycles. The maximum absolute atomic E-state index is 13.0. The fraction of sp³-hybridized carbons (Fsp3) is 0.300. The molecule has 1 aromatic carbocycles. The van der Waals surface area contributed by atoms with Crippen molar-refractivity contribution < 1.29 is 8.78 Å². The van der Waals surface area contributed by atoms with E-state index in [0.717, 1.165) is 0 Å². The summed E-state index contributed by atoms with van der Waals surface area (Å²) in [7, 11) is 0. The van der Waals surface area contributed by atoms with Crippen molar-refractivity contribution in [2.75, 3.05) is 0 Å². The van der Waals surface area contributed by atoms with E-state index in [-0.39, 0.29) is 12.8 Å². The zero-order valence-corrected chi connectivity index (χ0v) is 8.74. The molecule has 1 nitrogen and oxygen atoms in total. The van der Waals surface area contributed by atoms with Gasteiger partial charge in [0.05, 0.1) is 5.56 Å². The number of hydrogen-bond donors (Lipinski definition) is 0. The van der Waals surface area contributed by atoms with Crippen molar-refractivity contribution in [3.63, 3.8) is 0 Å². The molecule has 0 radical (unpaired) electrons. The predicted molar refractivity (Wildman–Crippen MR) is 51.2 cm³/mol. The summed E-state index contributed by atoms with van der Waals surface area (Å²) < 4.78 is 26.6. The van der Waals surface area contributed by atoms with Crippen molar-refractivity contribution in [1.82, 2.24) is 0 Å². The van der Waals surface area contributed by atoms with E-state index in [1.807, 2.05) is 6.07 Å². The quantitative estimate of drug-likeness (QED) is 0.701. The molecule has 1 aliphatic rings. The molecular weight excluding hydrogens is 252 g/mol. The van der Waals surface area contributed by atoms with Crippen molar-refractivity contribution in [3.05, 3.63) is 33.3 Å². The van der Waals surface area contributed by atoms with Crippen LogP contribution in [0.4, 0.5) is 8.78 Å². The van der Waals surface area contributed by atoms with Gasteiger partial charge >= 0.3 is 0 Å². The van der Waals surface area contributed by atoms with Gasteiger partial charge in [-0.1, -0.05) is 0 Å². The first-order chi connectivity index (χ1) is 6.52. The smallest absolute Gasteiger partial charge is 0.206 e. The Morgan fingerprint density at radius 1 is 1.29 bits per heavy atom. The number of nitriles is 1. The minimum Gasteiger partial charge on any atom is -0.206 e. The van der Waals surface area contributed by atoms with Crippen LogP contribution in [0.15, 0.2) is 16.6 Å². The van der Waals surface area contributed by atoms with Crippen LogP contribution in [0.2, 0.25) is 0 Å². The summed E-state index contributed by atoms with van der Waals surface area (Å²) in [6, 6.07) is 5.12. The van der Waals surface area contributed by atoms with Gasteiger partial charge < -0.3 is 0 Å². The van der Waals surface area contributed by atoms with Gasteiger partial charge in [-0.3, -0.25) is 0 Å². The first-order valence-corrected chi connectivity index (χ1v) is 4.90. The Morgan fingerprint density at radius 2 is 1.86 bits per heavy atom.